The summed E-state index contributed by atoms with van der Waals surface area (Å²) in [6.07, 6.45) is 6.13. The molecular formula is C21H22N4O. The van der Waals surface area contributed by atoms with Crippen LogP contribution in [0.4, 0.5) is 0 Å². The molecule has 0 atom stereocenters. The summed E-state index contributed by atoms with van der Waals surface area (Å²) < 4.78 is 0. The van der Waals surface area contributed by atoms with Gasteiger partial charge in [-0.2, -0.15) is 5.10 Å². The van der Waals surface area contributed by atoms with Crippen molar-refractivity contribution in [3.8, 4) is 0 Å². The van der Waals surface area contributed by atoms with Crippen LogP contribution in [0.3, 0.4) is 0 Å². The van der Waals surface area contributed by atoms with Gasteiger partial charge in [-0.25, -0.2) is 5.43 Å². The maximum absolute atomic E-state index is 12.2. The fraction of sp³-hybridized carbons (Fsp3) is 0.286. The van der Waals surface area contributed by atoms with Crippen molar-refractivity contribution < 1.29 is 4.79 Å². The van der Waals surface area contributed by atoms with E-state index in [4.69, 9.17) is 0 Å². The van der Waals surface area contributed by atoms with E-state index in [-0.39, 0.29) is 5.91 Å². The number of aromatic amines is 1. The molecule has 1 aromatic carbocycles. The molecule has 0 radical (unpaired) electrons. The van der Waals surface area contributed by atoms with Crippen LogP contribution in [0.1, 0.15) is 59.8 Å². The number of rotatable bonds is 3. The second-order valence-corrected chi connectivity index (χ2v) is 7.03. The lowest BCUT2D eigenvalue weighted by Gasteiger charge is -2.14. The number of nitrogens with one attached hydrogen (secondary N) is 2. The third kappa shape index (κ3) is 3.01. The van der Waals surface area contributed by atoms with Gasteiger partial charge in [0.05, 0.1) is 11.4 Å². The van der Waals surface area contributed by atoms with Crippen molar-refractivity contribution >= 4 is 22.5 Å². The van der Waals surface area contributed by atoms with E-state index in [1.165, 1.54) is 16.5 Å². The summed E-state index contributed by atoms with van der Waals surface area (Å²) in [6, 6.07) is 9.97. The molecule has 0 saturated heterocycles. The molecule has 3 aromatic rings. The van der Waals surface area contributed by atoms with Crippen LogP contribution < -0.4 is 5.43 Å². The number of pyridine rings is 1. The number of aryl methyl sites for hydroxylation is 1. The molecule has 2 N–H and O–H groups in total. The van der Waals surface area contributed by atoms with E-state index >= 15 is 0 Å². The first-order chi connectivity index (χ1) is 12.6. The van der Waals surface area contributed by atoms with Crippen molar-refractivity contribution in [2.24, 2.45) is 5.10 Å². The number of fused-ring (bicyclic) bond motifs is 3. The van der Waals surface area contributed by atoms with Crippen LogP contribution >= 0.6 is 0 Å². The molecule has 4 rings (SSSR count). The SMILES string of the molecule is CC(C)c1ccc2[nH]c3c(c2c1)CCC/C3=N/NC(=O)c1ccncc1. The van der Waals surface area contributed by atoms with Crippen molar-refractivity contribution in [1.29, 1.82) is 0 Å². The normalized spacial score (nSPS) is 15.4. The molecular weight excluding hydrogens is 324 g/mol. The minimum Gasteiger partial charge on any atom is -0.353 e. The highest BCUT2D eigenvalue weighted by atomic mass is 16.2. The summed E-state index contributed by atoms with van der Waals surface area (Å²) in [7, 11) is 0. The molecule has 2 heterocycles. The van der Waals surface area contributed by atoms with Gasteiger partial charge in [-0.1, -0.05) is 19.9 Å². The maximum Gasteiger partial charge on any atom is 0.271 e. The topological polar surface area (TPSA) is 70.1 Å². The molecule has 0 unspecified atom stereocenters. The maximum atomic E-state index is 12.2. The second-order valence-electron chi connectivity index (χ2n) is 7.03. The number of benzene rings is 1. The van der Waals surface area contributed by atoms with Gasteiger partial charge in [-0.05, 0) is 60.6 Å². The van der Waals surface area contributed by atoms with Crippen LogP contribution in [-0.2, 0) is 6.42 Å². The number of hydrogen-bond donors (Lipinski definition) is 2. The van der Waals surface area contributed by atoms with Gasteiger partial charge in [0.15, 0.2) is 0 Å². The largest absolute Gasteiger partial charge is 0.353 e. The molecule has 5 nitrogen and oxygen atoms in total. The predicted octanol–water partition coefficient (Wildman–Crippen LogP) is 4.16. The van der Waals surface area contributed by atoms with Crippen molar-refractivity contribution in [3.63, 3.8) is 0 Å². The van der Waals surface area contributed by atoms with E-state index in [0.717, 1.165) is 36.2 Å². The van der Waals surface area contributed by atoms with Crippen LogP contribution in [0, 0.1) is 0 Å². The third-order valence-electron chi connectivity index (χ3n) is 4.96. The van der Waals surface area contributed by atoms with Gasteiger partial charge < -0.3 is 4.98 Å². The second kappa shape index (κ2) is 6.75. The summed E-state index contributed by atoms with van der Waals surface area (Å²) >= 11 is 0. The van der Waals surface area contributed by atoms with E-state index in [1.807, 2.05) is 0 Å². The average molecular weight is 346 g/mol. The number of hydrogen-bond acceptors (Lipinski definition) is 3. The van der Waals surface area contributed by atoms with Crippen molar-refractivity contribution in [2.75, 3.05) is 0 Å². The highest BCUT2D eigenvalue weighted by molar-refractivity contribution is 6.07. The predicted molar refractivity (Wildman–Crippen MR) is 104 cm³/mol. The van der Waals surface area contributed by atoms with Gasteiger partial charge in [0.25, 0.3) is 5.91 Å². The standard InChI is InChI=1S/C21H22N4O/c1-13(2)15-6-7-18-17(12-15)16-4-3-5-19(20(16)23-18)24-25-21(26)14-8-10-22-11-9-14/h6-13,23H,3-5H2,1-2H3,(H,25,26)/b24-19-. The molecule has 0 aliphatic heterocycles. The minimum atomic E-state index is -0.217. The summed E-state index contributed by atoms with van der Waals surface area (Å²) in [6.45, 7) is 4.42. The number of carbonyl (C=O) groups is 1. The number of carbonyl (C=O) groups excluding carboxylic acids is 1. The first-order valence-corrected chi connectivity index (χ1v) is 9.05. The molecule has 132 valence electrons. The molecule has 0 bridgehead atoms. The van der Waals surface area contributed by atoms with Crippen LogP contribution in [-0.4, -0.2) is 21.6 Å². The van der Waals surface area contributed by atoms with E-state index < -0.39 is 0 Å². The van der Waals surface area contributed by atoms with Crippen molar-refractivity contribution in [3.05, 3.63) is 65.1 Å². The first kappa shape index (κ1) is 16.5. The molecule has 5 heteroatoms. The van der Waals surface area contributed by atoms with Crippen LogP contribution in [0.15, 0.2) is 47.8 Å². The first-order valence-electron chi connectivity index (χ1n) is 9.05. The molecule has 0 fully saturated rings. The summed E-state index contributed by atoms with van der Waals surface area (Å²) in [5.74, 6) is 0.284. The van der Waals surface area contributed by atoms with E-state index in [2.05, 4.69) is 52.5 Å². The van der Waals surface area contributed by atoms with Gasteiger partial charge in [0.1, 0.15) is 0 Å². The highest BCUT2D eigenvalue weighted by Gasteiger charge is 2.21. The summed E-state index contributed by atoms with van der Waals surface area (Å²) in [5.41, 5.74) is 9.00. The Morgan fingerprint density at radius 1 is 1.19 bits per heavy atom. The van der Waals surface area contributed by atoms with E-state index in [1.54, 1.807) is 24.5 Å². The molecule has 0 spiro atoms. The zero-order chi connectivity index (χ0) is 18.1. The van der Waals surface area contributed by atoms with Gasteiger partial charge in [-0.15, -0.1) is 0 Å². The third-order valence-corrected chi connectivity index (χ3v) is 4.96. The quantitative estimate of drug-likeness (QED) is 0.699. The summed E-state index contributed by atoms with van der Waals surface area (Å²) in [5, 5.41) is 5.70. The number of nitrogens with zero attached hydrogens (tertiary/aromatic N) is 2. The molecule has 26 heavy (non-hydrogen) atoms. The Balaban J connectivity index is 1.67. The Hall–Kier alpha value is -2.95. The number of hydrazone groups is 1. The van der Waals surface area contributed by atoms with E-state index in [0.29, 0.717) is 11.5 Å². The highest BCUT2D eigenvalue weighted by Crippen LogP contribution is 2.31. The van der Waals surface area contributed by atoms with Gasteiger partial charge in [-0.3, -0.25) is 9.78 Å². The van der Waals surface area contributed by atoms with Gasteiger partial charge in [0.2, 0.25) is 0 Å². The molecule has 1 amide bonds. The van der Waals surface area contributed by atoms with E-state index in [9.17, 15) is 4.79 Å². The van der Waals surface area contributed by atoms with Gasteiger partial charge in [0, 0.05) is 28.9 Å². The Labute approximate surface area is 152 Å². The Morgan fingerprint density at radius 3 is 2.77 bits per heavy atom. The molecule has 2 aromatic heterocycles. The fourth-order valence-corrected chi connectivity index (χ4v) is 3.49. The average Bonchev–Trinajstić information content (AvgIpc) is 3.05. The zero-order valence-corrected chi connectivity index (χ0v) is 15.0. The Kier molecular flexibility index (Phi) is 4.29. The molecule has 1 aliphatic carbocycles. The van der Waals surface area contributed by atoms with Crippen LogP contribution in [0.5, 0.6) is 0 Å². The van der Waals surface area contributed by atoms with Crippen LogP contribution in [0.25, 0.3) is 10.9 Å². The fourth-order valence-electron chi connectivity index (χ4n) is 3.49. The zero-order valence-electron chi connectivity index (χ0n) is 15.0. The Bertz CT molecular complexity index is 986. The molecule has 1 aliphatic rings. The van der Waals surface area contributed by atoms with Gasteiger partial charge >= 0.3 is 0 Å². The lowest BCUT2D eigenvalue weighted by atomic mass is 9.92. The van der Waals surface area contributed by atoms with Crippen LogP contribution in [0.2, 0.25) is 0 Å². The van der Waals surface area contributed by atoms with Crippen molar-refractivity contribution in [2.45, 2.75) is 39.0 Å². The minimum absolute atomic E-state index is 0.217. The lowest BCUT2D eigenvalue weighted by molar-refractivity contribution is 0.0954. The smallest absolute Gasteiger partial charge is 0.271 e. The molecule has 0 saturated carbocycles. The number of aromatic nitrogens is 2. The van der Waals surface area contributed by atoms with Crippen molar-refractivity contribution in [1.82, 2.24) is 15.4 Å². The Morgan fingerprint density at radius 2 is 2.00 bits per heavy atom. The number of amides is 1. The monoisotopic (exact) mass is 346 g/mol. The summed E-state index contributed by atoms with van der Waals surface area (Å²) in [4.78, 5) is 19.7. The number of H-pyrrole nitrogens is 1. The lowest BCUT2D eigenvalue weighted by Crippen LogP contribution is -2.22.